The van der Waals surface area contributed by atoms with E-state index < -0.39 is 0 Å². The van der Waals surface area contributed by atoms with E-state index in [4.69, 9.17) is 14.3 Å². The Morgan fingerprint density at radius 3 is 2.54 bits per heavy atom. The van der Waals surface area contributed by atoms with E-state index in [1.165, 1.54) is 16.0 Å². The van der Waals surface area contributed by atoms with E-state index in [1.807, 2.05) is 11.8 Å². The third-order valence-electron chi connectivity index (χ3n) is 3.58. The number of benzene rings is 2. The molecular formula is C18H20ClNO3S. The Morgan fingerprint density at radius 1 is 1.17 bits per heavy atom. The van der Waals surface area contributed by atoms with Crippen LogP contribution in [0.4, 0.5) is 0 Å². The number of hydrogen-bond acceptors (Lipinski definition) is 5. The minimum absolute atomic E-state index is 0. The SMILES string of the molecule is COc1ccc2c(c1)CN(Cc1ccccc1)CCS2.Cl.O=C=O. The Labute approximate surface area is 152 Å². The standard InChI is InChI=1S/C17H19NOS.CO2.ClH/c1-19-16-7-8-17-15(11-16)13-18(9-10-20-17)12-14-5-3-2-4-6-14;2-1-3;/h2-8,11H,9-10,12-13H2,1H3;;1H. The van der Waals surface area contributed by atoms with E-state index in [0.29, 0.717) is 0 Å². The first kappa shape index (κ1) is 20.3. The average Bonchev–Trinajstić information content (AvgIpc) is 2.77. The van der Waals surface area contributed by atoms with Gasteiger partial charge in [0.25, 0.3) is 0 Å². The van der Waals surface area contributed by atoms with Crippen LogP contribution in [0, 0.1) is 0 Å². The highest BCUT2D eigenvalue weighted by molar-refractivity contribution is 7.99. The highest BCUT2D eigenvalue weighted by Gasteiger charge is 2.15. The zero-order valence-electron chi connectivity index (χ0n) is 13.4. The Morgan fingerprint density at radius 2 is 1.88 bits per heavy atom. The van der Waals surface area contributed by atoms with Crippen LogP contribution in [0.15, 0.2) is 53.4 Å². The van der Waals surface area contributed by atoms with Crippen LogP contribution in [0.3, 0.4) is 0 Å². The molecule has 0 aromatic heterocycles. The lowest BCUT2D eigenvalue weighted by Crippen LogP contribution is -2.23. The van der Waals surface area contributed by atoms with Gasteiger partial charge in [-0.3, -0.25) is 4.90 Å². The molecule has 0 saturated carbocycles. The summed E-state index contributed by atoms with van der Waals surface area (Å²) in [6, 6.07) is 17.1. The summed E-state index contributed by atoms with van der Waals surface area (Å²) in [5, 5.41) is 0. The van der Waals surface area contributed by atoms with E-state index in [-0.39, 0.29) is 18.6 Å². The topological polar surface area (TPSA) is 46.6 Å². The maximum Gasteiger partial charge on any atom is 0.373 e. The van der Waals surface area contributed by atoms with Crippen molar-refractivity contribution in [3.63, 3.8) is 0 Å². The molecule has 2 aromatic carbocycles. The van der Waals surface area contributed by atoms with Gasteiger partial charge in [-0.1, -0.05) is 30.3 Å². The first-order valence-electron chi connectivity index (χ1n) is 7.32. The van der Waals surface area contributed by atoms with Crippen molar-refractivity contribution in [2.45, 2.75) is 18.0 Å². The van der Waals surface area contributed by atoms with E-state index in [2.05, 4.69) is 53.4 Å². The zero-order valence-corrected chi connectivity index (χ0v) is 15.1. The first-order chi connectivity index (χ1) is 11.3. The minimum atomic E-state index is 0. The van der Waals surface area contributed by atoms with Gasteiger partial charge in [0, 0.05) is 30.3 Å². The van der Waals surface area contributed by atoms with Crippen molar-refractivity contribution < 1.29 is 14.3 Å². The van der Waals surface area contributed by atoms with E-state index in [9.17, 15) is 0 Å². The molecule has 0 amide bonds. The van der Waals surface area contributed by atoms with Gasteiger partial charge in [0.05, 0.1) is 7.11 Å². The molecule has 4 nitrogen and oxygen atoms in total. The molecule has 1 heterocycles. The molecule has 0 atom stereocenters. The van der Waals surface area contributed by atoms with Crippen LogP contribution in [0.2, 0.25) is 0 Å². The Bertz CT molecular complexity index is 661. The van der Waals surface area contributed by atoms with Gasteiger partial charge in [-0.15, -0.1) is 24.2 Å². The predicted octanol–water partition coefficient (Wildman–Crippen LogP) is 3.64. The van der Waals surface area contributed by atoms with Gasteiger partial charge in [-0.25, -0.2) is 0 Å². The summed E-state index contributed by atoms with van der Waals surface area (Å²) in [6.07, 6.45) is 0.250. The normalized spacial score (nSPS) is 13.2. The summed E-state index contributed by atoms with van der Waals surface area (Å²) < 4.78 is 5.35. The van der Waals surface area contributed by atoms with Gasteiger partial charge < -0.3 is 4.74 Å². The molecule has 0 fully saturated rings. The van der Waals surface area contributed by atoms with E-state index in [0.717, 1.165) is 31.1 Å². The quantitative estimate of drug-likeness (QED) is 0.831. The number of methoxy groups -OCH3 is 1. The van der Waals surface area contributed by atoms with Gasteiger partial charge in [0.1, 0.15) is 5.75 Å². The van der Waals surface area contributed by atoms with Gasteiger partial charge >= 0.3 is 6.15 Å². The lowest BCUT2D eigenvalue weighted by molar-refractivity contribution is -0.191. The Hall–Kier alpha value is -1.78. The van der Waals surface area contributed by atoms with Crippen LogP contribution >= 0.6 is 24.2 Å². The zero-order chi connectivity index (χ0) is 16.5. The summed E-state index contributed by atoms with van der Waals surface area (Å²) in [4.78, 5) is 20.1. The Kier molecular flexibility index (Phi) is 9.20. The molecule has 24 heavy (non-hydrogen) atoms. The van der Waals surface area contributed by atoms with Crippen molar-refractivity contribution >= 4 is 30.3 Å². The van der Waals surface area contributed by atoms with Crippen molar-refractivity contribution in [2.24, 2.45) is 0 Å². The summed E-state index contributed by atoms with van der Waals surface area (Å²) >= 11 is 1.95. The number of rotatable bonds is 3. The molecule has 0 spiro atoms. The molecule has 6 heteroatoms. The Balaban J connectivity index is 0.000000671. The van der Waals surface area contributed by atoms with E-state index >= 15 is 0 Å². The number of hydrogen-bond donors (Lipinski definition) is 0. The van der Waals surface area contributed by atoms with Crippen LogP contribution in [0.25, 0.3) is 0 Å². The molecule has 0 saturated heterocycles. The molecule has 1 aliphatic heterocycles. The maximum absolute atomic E-state index is 8.12. The van der Waals surface area contributed by atoms with Crippen molar-refractivity contribution in [1.29, 1.82) is 0 Å². The summed E-state index contributed by atoms with van der Waals surface area (Å²) in [5.41, 5.74) is 2.76. The predicted molar refractivity (Wildman–Crippen MR) is 96.5 cm³/mol. The second-order valence-corrected chi connectivity index (χ2v) is 6.24. The molecule has 0 aliphatic carbocycles. The van der Waals surface area contributed by atoms with Crippen LogP contribution in [0.1, 0.15) is 11.1 Å². The lowest BCUT2D eigenvalue weighted by atomic mass is 10.1. The third-order valence-corrected chi connectivity index (χ3v) is 4.67. The number of thioether (sulfide) groups is 1. The maximum atomic E-state index is 8.12. The van der Waals surface area contributed by atoms with Crippen molar-refractivity contribution in [3.8, 4) is 5.75 Å². The van der Waals surface area contributed by atoms with Crippen LogP contribution in [-0.4, -0.2) is 30.5 Å². The fourth-order valence-corrected chi connectivity index (χ4v) is 3.57. The van der Waals surface area contributed by atoms with Crippen molar-refractivity contribution in [1.82, 2.24) is 4.90 Å². The smallest absolute Gasteiger partial charge is 0.373 e. The summed E-state index contributed by atoms with van der Waals surface area (Å²) in [7, 11) is 1.73. The highest BCUT2D eigenvalue weighted by atomic mass is 35.5. The minimum Gasteiger partial charge on any atom is -0.497 e. The molecule has 0 unspecified atom stereocenters. The molecule has 0 N–H and O–H groups in total. The molecule has 128 valence electrons. The molecule has 2 aromatic rings. The number of carbonyl (C=O) groups excluding carboxylic acids is 2. The van der Waals surface area contributed by atoms with E-state index in [1.54, 1.807) is 7.11 Å². The largest absolute Gasteiger partial charge is 0.497 e. The van der Waals surface area contributed by atoms with Crippen LogP contribution in [0.5, 0.6) is 5.75 Å². The molecule has 3 rings (SSSR count). The van der Waals surface area contributed by atoms with Gasteiger partial charge in [0.15, 0.2) is 0 Å². The first-order valence-corrected chi connectivity index (χ1v) is 8.30. The number of nitrogens with zero attached hydrogens (tertiary/aromatic N) is 1. The van der Waals surface area contributed by atoms with Crippen molar-refractivity contribution in [2.75, 3.05) is 19.4 Å². The summed E-state index contributed by atoms with van der Waals surface area (Å²) in [5.74, 6) is 2.09. The number of ether oxygens (including phenoxy) is 1. The highest BCUT2D eigenvalue weighted by Crippen LogP contribution is 2.30. The lowest BCUT2D eigenvalue weighted by Gasteiger charge is -2.20. The van der Waals surface area contributed by atoms with Crippen LogP contribution < -0.4 is 4.74 Å². The van der Waals surface area contributed by atoms with Crippen LogP contribution in [-0.2, 0) is 22.7 Å². The monoisotopic (exact) mass is 365 g/mol. The third kappa shape index (κ3) is 6.02. The number of halogens is 1. The number of fused-ring (bicyclic) bond motifs is 1. The second kappa shape index (κ2) is 10.9. The fraction of sp³-hybridized carbons (Fsp3) is 0.278. The summed E-state index contributed by atoms with van der Waals surface area (Å²) in [6.45, 7) is 3.13. The molecule has 0 bridgehead atoms. The molecule has 0 radical (unpaired) electrons. The van der Waals surface area contributed by atoms with Gasteiger partial charge in [-0.2, -0.15) is 9.59 Å². The van der Waals surface area contributed by atoms with Gasteiger partial charge in [0.2, 0.25) is 0 Å². The fourth-order valence-electron chi connectivity index (χ4n) is 2.53. The van der Waals surface area contributed by atoms with Gasteiger partial charge in [-0.05, 0) is 29.3 Å². The molecule has 1 aliphatic rings. The average molecular weight is 366 g/mol. The molecular weight excluding hydrogens is 346 g/mol. The second-order valence-electron chi connectivity index (χ2n) is 5.10. The van der Waals surface area contributed by atoms with Crippen molar-refractivity contribution in [3.05, 3.63) is 59.7 Å².